The van der Waals surface area contributed by atoms with Gasteiger partial charge in [-0.25, -0.2) is 8.42 Å². The Bertz CT molecular complexity index is 952. The quantitative estimate of drug-likeness (QED) is 0.0968. The number of allylic oxidation sites excluding steroid dienone is 4. The predicted molar refractivity (Wildman–Crippen MR) is 167 cm³/mol. The number of alkyl halides is 3. The minimum absolute atomic E-state index is 0. The summed E-state index contributed by atoms with van der Waals surface area (Å²) in [6.45, 7) is 9.74. The Morgan fingerprint density at radius 3 is 1.12 bits per heavy atom. The van der Waals surface area contributed by atoms with Gasteiger partial charge in [-0.2, -0.15) is 13.2 Å². The molecule has 3 nitrogen and oxygen atoms in total. The number of halogens is 3. The van der Waals surface area contributed by atoms with Crippen LogP contribution >= 0.6 is 15.8 Å². The van der Waals surface area contributed by atoms with Crippen LogP contribution in [0.15, 0.2) is 48.6 Å². The van der Waals surface area contributed by atoms with Gasteiger partial charge in [0.15, 0.2) is 10.1 Å². The van der Waals surface area contributed by atoms with Crippen LogP contribution in [0.5, 0.6) is 0 Å². The molecule has 2 saturated heterocycles. The predicted octanol–water partition coefficient (Wildman–Crippen LogP) is 9.32. The molecule has 4 rings (SSSR count). The molecule has 2 heterocycles. The van der Waals surface area contributed by atoms with Gasteiger partial charge >= 0.3 is 5.51 Å². The maximum atomic E-state index is 10.7. The molecule has 0 bridgehead atoms. The van der Waals surface area contributed by atoms with Crippen LogP contribution in [0.25, 0.3) is 0 Å². The molecule has 0 spiro atoms. The van der Waals surface area contributed by atoms with Crippen LogP contribution in [0.3, 0.4) is 0 Å². The van der Waals surface area contributed by atoms with Gasteiger partial charge in [-0.05, 0) is 110 Å². The summed E-state index contributed by atoms with van der Waals surface area (Å²) in [7, 11) is -5.96. The van der Waals surface area contributed by atoms with Crippen molar-refractivity contribution in [1.82, 2.24) is 0 Å². The molecule has 0 saturated carbocycles. The molecule has 10 heteroatoms. The number of benzene rings is 1. The molecular formula is C31H48F3O3P2RhS-. The van der Waals surface area contributed by atoms with Gasteiger partial charge in [-0.15, -0.1) is 0 Å². The Hall–Kier alpha value is -0.117. The van der Waals surface area contributed by atoms with Gasteiger partial charge in [-0.1, -0.05) is 92.1 Å². The van der Waals surface area contributed by atoms with Crippen molar-refractivity contribution in [3.8, 4) is 0 Å². The van der Waals surface area contributed by atoms with E-state index in [1.165, 1.54) is 77.0 Å². The number of hydrogen-bond acceptors (Lipinski definition) is 3. The number of rotatable bonds is 6. The van der Waals surface area contributed by atoms with Crippen molar-refractivity contribution in [3.05, 3.63) is 48.6 Å². The molecule has 1 radical (unpaired) electrons. The fraction of sp³-hybridized carbons (Fsp3) is 0.677. The van der Waals surface area contributed by atoms with Gasteiger partial charge in [0.2, 0.25) is 0 Å². The average Bonchev–Trinajstić information content (AvgIpc) is 3.51. The van der Waals surface area contributed by atoms with Crippen LogP contribution in [0.2, 0.25) is 0 Å². The molecule has 41 heavy (non-hydrogen) atoms. The average molecular weight is 723 g/mol. The minimum Gasteiger partial charge on any atom is -0.741 e. The van der Waals surface area contributed by atoms with Gasteiger partial charge in [-0.3, -0.25) is 0 Å². The summed E-state index contributed by atoms with van der Waals surface area (Å²) in [5, 5.41) is 3.68. The van der Waals surface area contributed by atoms with Crippen LogP contribution in [0.4, 0.5) is 13.2 Å². The first-order valence-corrected chi connectivity index (χ1v) is 19.3. The SMILES string of the molecule is C1=CCCC=CCC1.CC[C@H]1CC[C@H](CC)P1c1ccccc1P1[C@@H](CC)CC[C@@H]1CC.O=S(=O)([O-])C(F)(F)F.[Rh]. The van der Waals surface area contributed by atoms with E-state index >= 15 is 0 Å². The molecule has 0 unspecified atom stereocenters. The topological polar surface area (TPSA) is 57.2 Å². The maximum Gasteiger partial charge on any atom is 0.485 e. The third-order valence-electron chi connectivity index (χ3n) is 8.18. The zero-order valence-electron chi connectivity index (χ0n) is 24.9. The Morgan fingerprint density at radius 1 is 0.683 bits per heavy atom. The smallest absolute Gasteiger partial charge is 0.485 e. The molecule has 2 fully saturated rings. The molecular weight excluding hydrogens is 674 g/mol. The third-order valence-corrected chi connectivity index (χ3v) is 16.5. The maximum absolute atomic E-state index is 10.7. The zero-order chi connectivity index (χ0) is 29.8. The Balaban J connectivity index is 0.000000407. The van der Waals surface area contributed by atoms with Crippen molar-refractivity contribution in [2.75, 3.05) is 0 Å². The van der Waals surface area contributed by atoms with Crippen molar-refractivity contribution < 1.29 is 45.6 Å². The second-order valence-corrected chi connectivity index (χ2v) is 17.6. The summed E-state index contributed by atoms with van der Waals surface area (Å²) < 4.78 is 58.9. The summed E-state index contributed by atoms with van der Waals surface area (Å²) in [4.78, 5) is 0. The Kier molecular flexibility index (Phi) is 18.3. The second-order valence-electron chi connectivity index (χ2n) is 10.7. The first-order chi connectivity index (χ1) is 19.0. The Morgan fingerprint density at radius 2 is 0.927 bits per heavy atom. The molecule has 1 aromatic carbocycles. The molecule has 1 aliphatic carbocycles. The fourth-order valence-corrected chi connectivity index (χ4v) is 14.0. The summed E-state index contributed by atoms with van der Waals surface area (Å²) >= 11 is 0. The normalized spacial score (nSPS) is 25.3. The molecule has 3 aliphatic rings. The minimum atomic E-state index is -6.09. The molecule has 237 valence electrons. The third kappa shape index (κ3) is 11.7. The van der Waals surface area contributed by atoms with Gasteiger partial charge < -0.3 is 4.55 Å². The first kappa shape index (κ1) is 38.9. The van der Waals surface area contributed by atoms with Crippen molar-refractivity contribution in [2.24, 2.45) is 0 Å². The standard InChI is InChI=1S/C22H36P2.C8H12.CHF3O3S.Rh/c1-5-17-13-14-18(6-2)23(17)21-11-9-10-12-22(21)24-19(7-3)15-16-20(24)8-4;1-2-4-6-8-7-5-3-1;2-1(3,4)8(5,6)7;/h9-12,17-20H,5-8,13-16H2,1-4H3;1-2,7-8H,3-6H2;(H,5,6,7);/p-1/t17-,18-,19-,20-;;;/m0.../s1. The van der Waals surface area contributed by atoms with E-state index in [4.69, 9.17) is 13.0 Å². The first-order valence-electron chi connectivity index (χ1n) is 15.0. The second kappa shape index (κ2) is 19.3. The van der Waals surface area contributed by atoms with E-state index in [0.717, 1.165) is 22.6 Å². The van der Waals surface area contributed by atoms with Crippen molar-refractivity contribution >= 4 is 36.6 Å². The van der Waals surface area contributed by atoms with E-state index in [9.17, 15) is 13.2 Å². The van der Waals surface area contributed by atoms with Crippen molar-refractivity contribution in [1.29, 1.82) is 0 Å². The summed E-state index contributed by atoms with van der Waals surface area (Å²) in [5.41, 5.74) is -1.69. The monoisotopic (exact) mass is 722 g/mol. The molecule has 1 aromatic rings. The van der Waals surface area contributed by atoms with Crippen molar-refractivity contribution in [3.63, 3.8) is 0 Å². The van der Waals surface area contributed by atoms with E-state index in [-0.39, 0.29) is 35.3 Å². The number of hydrogen-bond donors (Lipinski definition) is 0. The molecule has 0 amide bonds. The van der Waals surface area contributed by atoms with E-state index in [1.807, 2.05) is 10.6 Å². The van der Waals surface area contributed by atoms with E-state index in [2.05, 4.69) is 76.3 Å². The van der Waals surface area contributed by atoms with Gasteiger partial charge in [0, 0.05) is 19.5 Å². The van der Waals surface area contributed by atoms with Crippen LogP contribution in [0.1, 0.15) is 105 Å². The van der Waals surface area contributed by atoms with Crippen LogP contribution in [0, 0.1) is 0 Å². The largest absolute Gasteiger partial charge is 0.741 e. The van der Waals surface area contributed by atoms with Gasteiger partial charge in [0.05, 0.1) is 0 Å². The van der Waals surface area contributed by atoms with Crippen LogP contribution < -0.4 is 10.6 Å². The summed E-state index contributed by atoms with van der Waals surface area (Å²) in [6.07, 6.45) is 25.5. The summed E-state index contributed by atoms with van der Waals surface area (Å²) in [6, 6.07) is 9.79. The van der Waals surface area contributed by atoms with Crippen molar-refractivity contribution in [2.45, 2.75) is 133 Å². The van der Waals surface area contributed by atoms with Crippen LogP contribution in [-0.4, -0.2) is 41.1 Å². The van der Waals surface area contributed by atoms with Gasteiger partial charge in [0.25, 0.3) is 0 Å². The van der Waals surface area contributed by atoms with Crippen LogP contribution in [-0.2, 0) is 29.6 Å². The van der Waals surface area contributed by atoms with E-state index in [1.54, 1.807) is 0 Å². The van der Waals surface area contributed by atoms with Gasteiger partial charge in [0.1, 0.15) is 0 Å². The Labute approximate surface area is 262 Å². The molecule has 4 atom stereocenters. The van der Waals surface area contributed by atoms with E-state index < -0.39 is 15.6 Å². The molecule has 0 aromatic heterocycles. The molecule has 2 aliphatic heterocycles. The summed E-state index contributed by atoms with van der Waals surface area (Å²) in [5.74, 6) is 0. The fourth-order valence-electron chi connectivity index (χ4n) is 6.07. The van der Waals surface area contributed by atoms with E-state index in [0.29, 0.717) is 0 Å². The molecule has 0 N–H and O–H groups in total. The zero-order valence-corrected chi connectivity index (χ0v) is 29.2.